The van der Waals surface area contributed by atoms with Gasteiger partial charge in [0, 0.05) is 5.92 Å². The highest BCUT2D eigenvalue weighted by molar-refractivity contribution is 5.02. The van der Waals surface area contributed by atoms with E-state index in [1.54, 1.807) is 6.08 Å². The minimum atomic E-state index is 0.229. The molecule has 0 nitrogen and oxygen atoms in total. The van der Waals surface area contributed by atoms with Crippen LogP contribution in [0.4, 0.5) is 0 Å². The van der Waals surface area contributed by atoms with E-state index in [2.05, 4.69) is 18.2 Å². The third kappa shape index (κ3) is 2.29. The van der Waals surface area contributed by atoms with Crippen molar-refractivity contribution in [1.29, 1.82) is 0 Å². The van der Waals surface area contributed by atoms with Gasteiger partial charge in [-0.25, -0.2) is 0 Å². The average molecular weight is 106 g/mol. The van der Waals surface area contributed by atoms with E-state index in [4.69, 9.17) is 6.42 Å². The molecule has 0 bridgehead atoms. The lowest BCUT2D eigenvalue weighted by atomic mass is 10.1. The van der Waals surface area contributed by atoms with Crippen molar-refractivity contribution >= 4 is 0 Å². The molecule has 0 heteroatoms. The lowest BCUT2D eigenvalue weighted by Crippen LogP contribution is -1.85. The van der Waals surface area contributed by atoms with Crippen molar-refractivity contribution < 1.29 is 0 Å². The molecular formula is C8H10. The van der Waals surface area contributed by atoms with Crippen LogP contribution in [0, 0.1) is 18.3 Å². The van der Waals surface area contributed by atoms with Gasteiger partial charge in [-0.2, -0.15) is 0 Å². The van der Waals surface area contributed by atoms with Gasteiger partial charge in [-0.3, -0.25) is 0 Å². The molecule has 1 atom stereocenters. The molecule has 1 unspecified atom stereocenters. The molecule has 0 aliphatic rings. The SMILES string of the molecule is C#CC(C=C=C)CC. The van der Waals surface area contributed by atoms with E-state index in [0.717, 1.165) is 6.42 Å². The second kappa shape index (κ2) is 4.24. The molecule has 0 heterocycles. The van der Waals surface area contributed by atoms with Crippen LogP contribution in [-0.2, 0) is 0 Å². The summed E-state index contributed by atoms with van der Waals surface area (Å²) in [4.78, 5) is 0. The van der Waals surface area contributed by atoms with Crippen LogP contribution >= 0.6 is 0 Å². The monoisotopic (exact) mass is 106 g/mol. The first-order chi connectivity index (χ1) is 3.85. The fourth-order valence-electron chi connectivity index (χ4n) is 0.426. The molecule has 0 aromatic carbocycles. The van der Waals surface area contributed by atoms with Crippen LogP contribution in [-0.4, -0.2) is 0 Å². The van der Waals surface area contributed by atoms with Crippen LogP contribution in [0.5, 0.6) is 0 Å². The van der Waals surface area contributed by atoms with Crippen molar-refractivity contribution in [1.82, 2.24) is 0 Å². The Hall–Kier alpha value is -0.920. The number of hydrogen-bond donors (Lipinski definition) is 0. The van der Waals surface area contributed by atoms with Crippen molar-refractivity contribution in [3.63, 3.8) is 0 Å². The lowest BCUT2D eigenvalue weighted by Gasteiger charge is -1.93. The van der Waals surface area contributed by atoms with Crippen LogP contribution in [0.2, 0.25) is 0 Å². The van der Waals surface area contributed by atoms with Crippen molar-refractivity contribution in [3.05, 3.63) is 18.4 Å². The zero-order valence-electron chi connectivity index (χ0n) is 5.15. The lowest BCUT2D eigenvalue weighted by molar-refractivity contribution is 0.802. The maximum absolute atomic E-state index is 5.12. The highest BCUT2D eigenvalue weighted by Crippen LogP contribution is 1.99. The van der Waals surface area contributed by atoms with Gasteiger partial charge < -0.3 is 0 Å². The smallest absolute Gasteiger partial charge is 0.0451 e. The molecule has 0 amide bonds. The standard InChI is InChI=1S/C8H10/c1-4-7-8(5-2)6-3/h2,7-8H,1,6H2,3H3. The van der Waals surface area contributed by atoms with E-state index in [1.807, 2.05) is 6.92 Å². The molecule has 0 fully saturated rings. The number of rotatable bonds is 2. The molecule has 0 rings (SSSR count). The third-order valence-electron chi connectivity index (χ3n) is 0.973. The Morgan fingerprint density at radius 1 is 1.88 bits per heavy atom. The predicted octanol–water partition coefficient (Wildman–Crippen LogP) is 1.99. The van der Waals surface area contributed by atoms with Crippen molar-refractivity contribution in [2.24, 2.45) is 5.92 Å². The van der Waals surface area contributed by atoms with Gasteiger partial charge in [0.05, 0.1) is 0 Å². The molecule has 0 aliphatic heterocycles. The summed E-state index contributed by atoms with van der Waals surface area (Å²) >= 11 is 0. The van der Waals surface area contributed by atoms with Gasteiger partial charge in [0.2, 0.25) is 0 Å². The topological polar surface area (TPSA) is 0 Å². The molecular weight excluding hydrogens is 96.1 g/mol. The molecule has 8 heavy (non-hydrogen) atoms. The second-order valence-corrected chi connectivity index (χ2v) is 1.55. The van der Waals surface area contributed by atoms with E-state index in [-0.39, 0.29) is 5.92 Å². The zero-order chi connectivity index (χ0) is 6.41. The van der Waals surface area contributed by atoms with Crippen molar-refractivity contribution in [3.8, 4) is 12.3 Å². The number of allylic oxidation sites excluding steroid dienone is 1. The molecule has 0 spiro atoms. The fourth-order valence-corrected chi connectivity index (χ4v) is 0.426. The Morgan fingerprint density at radius 2 is 2.50 bits per heavy atom. The minimum absolute atomic E-state index is 0.229. The summed E-state index contributed by atoms with van der Waals surface area (Å²) in [6.45, 7) is 5.46. The van der Waals surface area contributed by atoms with Crippen LogP contribution < -0.4 is 0 Å². The highest BCUT2D eigenvalue weighted by Gasteiger charge is 1.90. The normalized spacial score (nSPS) is 11.0. The predicted molar refractivity (Wildman–Crippen MR) is 36.3 cm³/mol. The van der Waals surface area contributed by atoms with Gasteiger partial charge in [-0.15, -0.1) is 12.2 Å². The van der Waals surface area contributed by atoms with Gasteiger partial charge in [0.15, 0.2) is 0 Å². The van der Waals surface area contributed by atoms with E-state index < -0.39 is 0 Å². The summed E-state index contributed by atoms with van der Waals surface area (Å²) < 4.78 is 0. The average Bonchev–Trinajstić information content (AvgIpc) is 1.83. The van der Waals surface area contributed by atoms with E-state index >= 15 is 0 Å². The quantitative estimate of drug-likeness (QED) is 0.373. The van der Waals surface area contributed by atoms with Gasteiger partial charge in [-0.1, -0.05) is 19.4 Å². The second-order valence-electron chi connectivity index (χ2n) is 1.55. The first-order valence-electron chi connectivity index (χ1n) is 2.67. The Labute approximate surface area is 50.9 Å². The zero-order valence-corrected chi connectivity index (χ0v) is 5.15. The van der Waals surface area contributed by atoms with Gasteiger partial charge >= 0.3 is 0 Å². The van der Waals surface area contributed by atoms with Crippen LogP contribution in [0.25, 0.3) is 0 Å². The maximum Gasteiger partial charge on any atom is 0.0451 e. The molecule has 42 valence electrons. The summed E-state index contributed by atoms with van der Waals surface area (Å²) in [6.07, 6.45) is 7.90. The van der Waals surface area contributed by atoms with E-state index in [1.165, 1.54) is 0 Å². The summed E-state index contributed by atoms with van der Waals surface area (Å²) in [5, 5.41) is 0. The molecule has 0 aliphatic carbocycles. The first-order valence-corrected chi connectivity index (χ1v) is 2.67. The third-order valence-corrected chi connectivity index (χ3v) is 0.973. The van der Waals surface area contributed by atoms with Gasteiger partial charge in [0.25, 0.3) is 0 Å². The molecule has 0 saturated carbocycles. The van der Waals surface area contributed by atoms with Crippen molar-refractivity contribution in [2.45, 2.75) is 13.3 Å². The van der Waals surface area contributed by atoms with E-state index in [0.29, 0.717) is 0 Å². The Balaban J connectivity index is 3.75. The Bertz CT molecular complexity index is 131. The highest BCUT2D eigenvalue weighted by atomic mass is 13.9. The fraction of sp³-hybridized carbons (Fsp3) is 0.375. The molecule has 0 aromatic rings. The Morgan fingerprint density at radius 3 is 2.62 bits per heavy atom. The van der Waals surface area contributed by atoms with Gasteiger partial charge in [0.1, 0.15) is 0 Å². The summed E-state index contributed by atoms with van der Waals surface area (Å²) in [5.41, 5.74) is 2.65. The number of terminal acetylenes is 1. The molecule has 0 saturated heterocycles. The van der Waals surface area contributed by atoms with Crippen LogP contribution in [0.1, 0.15) is 13.3 Å². The summed E-state index contributed by atoms with van der Waals surface area (Å²) in [5.74, 6) is 2.82. The maximum atomic E-state index is 5.12. The molecule has 0 radical (unpaired) electrons. The van der Waals surface area contributed by atoms with E-state index in [9.17, 15) is 0 Å². The summed E-state index contributed by atoms with van der Waals surface area (Å²) in [6, 6.07) is 0. The largest absolute Gasteiger partial charge is 0.132 e. The summed E-state index contributed by atoms with van der Waals surface area (Å²) in [7, 11) is 0. The molecule has 0 aromatic heterocycles. The minimum Gasteiger partial charge on any atom is -0.132 e. The Kier molecular flexibility index (Phi) is 3.76. The first kappa shape index (κ1) is 7.08. The molecule has 0 N–H and O–H groups in total. The van der Waals surface area contributed by atoms with Gasteiger partial charge in [-0.05, 0) is 12.5 Å². The van der Waals surface area contributed by atoms with Crippen LogP contribution in [0.15, 0.2) is 18.4 Å². The van der Waals surface area contributed by atoms with Crippen LogP contribution in [0.3, 0.4) is 0 Å². The number of hydrogen-bond acceptors (Lipinski definition) is 0. The van der Waals surface area contributed by atoms with Crippen molar-refractivity contribution in [2.75, 3.05) is 0 Å².